The second kappa shape index (κ2) is 7.08. The molecule has 0 aliphatic heterocycles. The molecule has 0 aromatic rings. The molecule has 0 amide bonds. The van der Waals surface area contributed by atoms with E-state index in [9.17, 15) is 0 Å². The summed E-state index contributed by atoms with van der Waals surface area (Å²) in [6.45, 7) is 9.08. The van der Waals surface area contributed by atoms with Crippen LogP contribution in [0.25, 0.3) is 0 Å². The SMILES string of the molecule is CCCNC1CC(OCCC2CCC2)C1(CC)CC. The maximum atomic E-state index is 6.25. The fourth-order valence-corrected chi connectivity index (χ4v) is 3.94. The molecule has 0 radical (unpaired) electrons. The van der Waals surface area contributed by atoms with Crippen LogP contribution in [0.1, 0.15) is 72.1 Å². The first-order chi connectivity index (χ1) is 9.26. The van der Waals surface area contributed by atoms with Crippen LogP contribution in [0.5, 0.6) is 0 Å². The Morgan fingerprint density at radius 3 is 2.42 bits per heavy atom. The van der Waals surface area contributed by atoms with Gasteiger partial charge in [-0.25, -0.2) is 0 Å². The zero-order valence-corrected chi connectivity index (χ0v) is 13.2. The number of hydrogen-bond donors (Lipinski definition) is 1. The lowest BCUT2D eigenvalue weighted by atomic mass is 9.58. The molecule has 2 aliphatic carbocycles. The molecule has 2 atom stereocenters. The number of ether oxygens (including phenoxy) is 1. The second-order valence-electron chi connectivity index (χ2n) is 6.63. The summed E-state index contributed by atoms with van der Waals surface area (Å²) >= 11 is 0. The molecule has 19 heavy (non-hydrogen) atoms. The van der Waals surface area contributed by atoms with Gasteiger partial charge in [0, 0.05) is 18.1 Å². The van der Waals surface area contributed by atoms with Gasteiger partial charge in [0.15, 0.2) is 0 Å². The van der Waals surface area contributed by atoms with Crippen LogP contribution >= 0.6 is 0 Å². The van der Waals surface area contributed by atoms with E-state index in [1.165, 1.54) is 51.4 Å². The third-order valence-corrected chi connectivity index (χ3v) is 5.81. The van der Waals surface area contributed by atoms with Gasteiger partial charge < -0.3 is 10.1 Å². The maximum absolute atomic E-state index is 6.25. The minimum Gasteiger partial charge on any atom is -0.378 e. The topological polar surface area (TPSA) is 21.3 Å². The van der Waals surface area contributed by atoms with Crippen molar-refractivity contribution in [2.75, 3.05) is 13.2 Å². The first kappa shape index (κ1) is 15.3. The van der Waals surface area contributed by atoms with Crippen molar-refractivity contribution < 1.29 is 4.74 Å². The highest BCUT2D eigenvalue weighted by molar-refractivity contribution is 5.06. The largest absolute Gasteiger partial charge is 0.378 e. The molecule has 2 rings (SSSR count). The Morgan fingerprint density at radius 2 is 1.89 bits per heavy atom. The average molecular weight is 267 g/mol. The van der Waals surface area contributed by atoms with E-state index in [-0.39, 0.29) is 0 Å². The molecule has 2 fully saturated rings. The lowest BCUT2D eigenvalue weighted by molar-refractivity contribution is -0.143. The minimum absolute atomic E-state index is 0.411. The molecule has 2 unspecified atom stereocenters. The van der Waals surface area contributed by atoms with E-state index < -0.39 is 0 Å². The molecular weight excluding hydrogens is 234 g/mol. The van der Waals surface area contributed by atoms with E-state index in [1.807, 2.05) is 0 Å². The third-order valence-electron chi connectivity index (χ3n) is 5.81. The van der Waals surface area contributed by atoms with Crippen molar-refractivity contribution in [3.63, 3.8) is 0 Å². The van der Waals surface area contributed by atoms with E-state index in [0.29, 0.717) is 17.6 Å². The Kier molecular flexibility index (Phi) is 5.70. The van der Waals surface area contributed by atoms with Crippen molar-refractivity contribution >= 4 is 0 Å². The number of nitrogens with one attached hydrogen (secondary N) is 1. The molecule has 1 N–H and O–H groups in total. The summed E-state index contributed by atoms with van der Waals surface area (Å²) in [6, 6.07) is 0.691. The number of rotatable bonds is 9. The van der Waals surface area contributed by atoms with Crippen LogP contribution in [-0.4, -0.2) is 25.3 Å². The Balaban J connectivity index is 1.76. The van der Waals surface area contributed by atoms with Crippen LogP contribution in [0.4, 0.5) is 0 Å². The maximum Gasteiger partial charge on any atom is 0.0661 e. The predicted octanol–water partition coefficient (Wildman–Crippen LogP) is 4.14. The van der Waals surface area contributed by atoms with Crippen LogP contribution < -0.4 is 5.32 Å². The molecule has 0 saturated heterocycles. The average Bonchev–Trinajstić information content (AvgIpc) is 2.36. The highest BCUT2D eigenvalue weighted by atomic mass is 16.5. The van der Waals surface area contributed by atoms with Gasteiger partial charge in [-0.05, 0) is 44.6 Å². The first-order valence-electron chi connectivity index (χ1n) is 8.61. The van der Waals surface area contributed by atoms with Crippen LogP contribution in [0, 0.1) is 11.3 Å². The van der Waals surface area contributed by atoms with E-state index in [4.69, 9.17) is 4.74 Å². The summed E-state index contributed by atoms with van der Waals surface area (Å²) in [5.74, 6) is 0.978. The molecular formula is C17H33NO. The van der Waals surface area contributed by atoms with Gasteiger partial charge >= 0.3 is 0 Å². The fraction of sp³-hybridized carbons (Fsp3) is 1.00. The quantitative estimate of drug-likeness (QED) is 0.678. The summed E-state index contributed by atoms with van der Waals surface area (Å²) in [5, 5.41) is 3.73. The van der Waals surface area contributed by atoms with Crippen LogP contribution in [-0.2, 0) is 4.74 Å². The standard InChI is InChI=1S/C17H33NO/c1-4-11-18-15-13-16(17(15,5-2)6-3)19-12-10-14-8-7-9-14/h14-16,18H,4-13H2,1-3H3. The third kappa shape index (κ3) is 3.16. The van der Waals surface area contributed by atoms with Gasteiger partial charge in [0.2, 0.25) is 0 Å². The highest BCUT2D eigenvalue weighted by Crippen LogP contribution is 2.49. The van der Waals surface area contributed by atoms with Crippen LogP contribution in [0.2, 0.25) is 0 Å². The summed E-state index contributed by atoms with van der Waals surface area (Å²) in [5.41, 5.74) is 0.411. The predicted molar refractivity (Wildman–Crippen MR) is 81.4 cm³/mol. The van der Waals surface area contributed by atoms with Gasteiger partial charge in [-0.15, -0.1) is 0 Å². The molecule has 0 bridgehead atoms. The molecule has 2 nitrogen and oxygen atoms in total. The zero-order chi connectivity index (χ0) is 13.7. The van der Waals surface area contributed by atoms with Gasteiger partial charge in [-0.1, -0.05) is 40.0 Å². The Bertz CT molecular complexity index is 258. The van der Waals surface area contributed by atoms with Crippen molar-refractivity contribution in [3.05, 3.63) is 0 Å². The molecule has 0 aromatic carbocycles. The van der Waals surface area contributed by atoms with Gasteiger partial charge in [0.1, 0.15) is 0 Å². The van der Waals surface area contributed by atoms with Crippen molar-refractivity contribution in [2.24, 2.45) is 11.3 Å². The molecule has 0 heterocycles. The summed E-state index contributed by atoms with van der Waals surface area (Å²) in [7, 11) is 0. The summed E-state index contributed by atoms with van der Waals surface area (Å²) in [4.78, 5) is 0. The number of hydrogen-bond acceptors (Lipinski definition) is 2. The molecule has 0 spiro atoms. The normalized spacial score (nSPS) is 29.8. The first-order valence-corrected chi connectivity index (χ1v) is 8.61. The Hall–Kier alpha value is -0.0800. The van der Waals surface area contributed by atoms with Crippen molar-refractivity contribution in [1.29, 1.82) is 0 Å². The van der Waals surface area contributed by atoms with E-state index in [1.54, 1.807) is 0 Å². The Labute approximate surface area is 119 Å². The van der Waals surface area contributed by atoms with Gasteiger partial charge in [-0.3, -0.25) is 0 Å². The molecule has 0 aromatic heterocycles. The van der Waals surface area contributed by atoms with Crippen molar-refractivity contribution in [1.82, 2.24) is 5.32 Å². The highest BCUT2D eigenvalue weighted by Gasteiger charge is 2.52. The smallest absolute Gasteiger partial charge is 0.0661 e. The van der Waals surface area contributed by atoms with Crippen molar-refractivity contribution in [2.45, 2.75) is 84.3 Å². The lowest BCUT2D eigenvalue weighted by Gasteiger charge is -2.56. The molecule has 2 aliphatic rings. The van der Waals surface area contributed by atoms with Gasteiger partial charge in [-0.2, -0.15) is 0 Å². The summed E-state index contributed by atoms with van der Waals surface area (Å²) in [6.07, 6.45) is 11.1. The van der Waals surface area contributed by atoms with Crippen LogP contribution in [0.3, 0.4) is 0 Å². The fourth-order valence-electron chi connectivity index (χ4n) is 3.94. The molecule has 2 heteroatoms. The molecule has 112 valence electrons. The van der Waals surface area contributed by atoms with Gasteiger partial charge in [0.05, 0.1) is 6.10 Å². The zero-order valence-electron chi connectivity index (χ0n) is 13.2. The summed E-state index contributed by atoms with van der Waals surface area (Å²) < 4.78 is 6.25. The van der Waals surface area contributed by atoms with E-state index in [2.05, 4.69) is 26.1 Å². The van der Waals surface area contributed by atoms with E-state index in [0.717, 1.165) is 19.1 Å². The lowest BCUT2D eigenvalue weighted by Crippen LogP contribution is -2.63. The van der Waals surface area contributed by atoms with Crippen LogP contribution in [0.15, 0.2) is 0 Å². The van der Waals surface area contributed by atoms with Gasteiger partial charge in [0.25, 0.3) is 0 Å². The Morgan fingerprint density at radius 1 is 1.16 bits per heavy atom. The second-order valence-corrected chi connectivity index (χ2v) is 6.63. The monoisotopic (exact) mass is 267 g/mol. The van der Waals surface area contributed by atoms with Crippen molar-refractivity contribution in [3.8, 4) is 0 Å². The minimum atomic E-state index is 0.411. The van der Waals surface area contributed by atoms with E-state index >= 15 is 0 Å². The molecule has 2 saturated carbocycles.